The van der Waals surface area contributed by atoms with Crippen molar-refractivity contribution >= 4 is 12.5 Å². The minimum atomic E-state index is -0.130. The highest BCUT2D eigenvalue weighted by Gasteiger charge is 2.48. The molecule has 2 fully saturated rings. The van der Waals surface area contributed by atoms with E-state index in [2.05, 4.69) is 10.9 Å². The van der Waals surface area contributed by atoms with E-state index in [1.54, 1.807) is 0 Å². The molecule has 0 unspecified atom stereocenters. The van der Waals surface area contributed by atoms with E-state index in [1.165, 1.54) is 6.42 Å². The number of ketones is 1. The highest BCUT2D eigenvalue weighted by Crippen LogP contribution is 2.40. The lowest BCUT2D eigenvalue weighted by molar-refractivity contribution is -0.137. The second kappa shape index (κ2) is 4.59. The summed E-state index contributed by atoms with van der Waals surface area (Å²) in [6, 6.07) is 0. The average molecular weight is 218 g/mol. The van der Waals surface area contributed by atoms with Crippen molar-refractivity contribution in [3.63, 3.8) is 0 Å². The Balaban J connectivity index is 2.02. The Bertz CT molecular complexity index is 311. The van der Waals surface area contributed by atoms with Gasteiger partial charge in [-0.1, -0.05) is 6.92 Å². The summed E-state index contributed by atoms with van der Waals surface area (Å²) in [4.78, 5) is 14.4. The van der Waals surface area contributed by atoms with Crippen LogP contribution in [0.2, 0.25) is 12.6 Å². The summed E-state index contributed by atoms with van der Waals surface area (Å²) in [5.41, 5.74) is -0.130. The molecular weight excluding hydrogens is 199 g/mol. The zero-order chi connectivity index (χ0) is 11.6. The maximum atomic E-state index is 12.1. The van der Waals surface area contributed by atoms with Crippen LogP contribution in [0.3, 0.4) is 0 Å². The lowest BCUT2D eigenvalue weighted by Gasteiger charge is -2.50. The third-order valence-electron chi connectivity index (χ3n) is 4.30. The largest absolute Gasteiger partial charge is 0.298 e. The summed E-state index contributed by atoms with van der Waals surface area (Å²) in [6.07, 6.45) is 5.79. The van der Waals surface area contributed by atoms with Gasteiger partial charge in [0.1, 0.15) is 0 Å². The molecule has 0 aromatic carbocycles. The molecule has 3 nitrogen and oxygen atoms in total. The first kappa shape index (κ1) is 11.7. The van der Waals surface area contributed by atoms with Gasteiger partial charge >= 0.3 is 0 Å². The Morgan fingerprint density at radius 3 is 2.44 bits per heavy atom. The van der Waals surface area contributed by atoms with Gasteiger partial charge in [0.2, 0.25) is 0 Å². The van der Waals surface area contributed by atoms with Crippen molar-refractivity contribution in [2.24, 2.45) is 0 Å². The molecule has 0 spiro atoms. The van der Waals surface area contributed by atoms with E-state index in [9.17, 15) is 4.79 Å². The predicted octanol–water partition coefficient (Wildman–Crippen LogP) is 1.76. The van der Waals surface area contributed by atoms with Crippen LogP contribution < -0.4 is 0 Å². The van der Waals surface area contributed by atoms with Gasteiger partial charge in [-0.15, -0.1) is 0 Å². The lowest BCUT2D eigenvalue weighted by atomic mass is 9.44. The number of carbonyl (C=O) groups is 1. The van der Waals surface area contributed by atoms with Gasteiger partial charge in [-0.05, 0) is 45.0 Å². The Hall–Kier alpha value is -0.815. The Labute approximate surface area is 97.9 Å². The van der Waals surface area contributed by atoms with Gasteiger partial charge in [-0.25, -0.2) is 5.26 Å². The van der Waals surface area contributed by atoms with Crippen LogP contribution in [-0.4, -0.2) is 36.0 Å². The monoisotopic (exact) mass is 218 g/mol. The van der Waals surface area contributed by atoms with Gasteiger partial charge in [0.05, 0.1) is 5.54 Å². The van der Waals surface area contributed by atoms with Crippen molar-refractivity contribution in [1.29, 1.82) is 5.26 Å². The van der Waals surface area contributed by atoms with Crippen LogP contribution in [0.25, 0.3) is 0 Å². The molecule has 1 saturated heterocycles. The average Bonchev–Trinajstić information content (AvgIpc) is 2.28. The third-order valence-corrected chi connectivity index (χ3v) is 4.30. The minimum Gasteiger partial charge on any atom is -0.298 e. The maximum Gasteiger partial charge on any atom is 0.270 e. The molecule has 1 heterocycles. The van der Waals surface area contributed by atoms with E-state index < -0.39 is 0 Å². The first-order valence-electron chi connectivity index (χ1n) is 6.41. The number of rotatable bonds is 3. The summed E-state index contributed by atoms with van der Waals surface area (Å²) in [6.45, 7) is 4.04. The maximum absolute atomic E-state index is 12.1. The molecule has 0 N–H and O–H groups in total. The molecule has 1 aliphatic carbocycles. The molecule has 0 bridgehead atoms. The van der Waals surface area contributed by atoms with Gasteiger partial charge in [0.15, 0.2) is 5.78 Å². The summed E-state index contributed by atoms with van der Waals surface area (Å²) in [7, 11) is 0. The predicted molar refractivity (Wildman–Crippen MR) is 64.4 cm³/mol. The molecule has 2 aliphatic rings. The van der Waals surface area contributed by atoms with Gasteiger partial charge in [0, 0.05) is 12.4 Å². The van der Waals surface area contributed by atoms with Crippen LogP contribution in [0.1, 0.15) is 32.6 Å². The highest BCUT2D eigenvalue weighted by atomic mass is 16.1. The van der Waals surface area contributed by atoms with E-state index in [0.29, 0.717) is 12.2 Å². The van der Waals surface area contributed by atoms with Crippen molar-refractivity contribution in [1.82, 2.24) is 4.90 Å². The normalized spacial score (nSPS) is 24.6. The second-order valence-electron chi connectivity index (χ2n) is 5.05. The molecule has 86 valence electrons. The van der Waals surface area contributed by atoms with Crippen LogP contribution >= 0.6 is 0 Å². The number of nitriles is 1. The molecule has 0 radical (unpaired) electrons. The molecule has 16 heavy (non-hydrogen) atoms. The van der Waals surface area contributed by atoms with Crippen LogP contribution in [0.15, 0.2) is 0 Å². The topological polar surface area (TPSA) is 44.1 Å². The van der Waals surface area contributed by atoms with E-state index in [0.717, 1.165) is 38.6 Å². The van der Waals surface area contributed by atoms with Crippen molar-refractivity contribution in [2.75, 3.05) is 13.1 Å². The fourth-order valence-electron chi connectivity index (χ4n) is 3.05. The smallest absolute Gasteiger partial charge is 0.270 e. The van der Waals surface area contributed by atoms with Gasteiger partial charge in [0.25, 0.3) is 6.71 Å². The lowest BCUT2D eigenvalue weighted by Crippen LogP contribution is -2.61. The molecule has 0 atom stereocenters. The van der Waals surface area contributed by atoms with Crippen molar-refractivity contribution < 1.29 is 4.79 Å². The molecule has 0 amide bonds. The standard InChI is InChI=1S/C12H19BN2O/c1-2-11(16)12(4-3-5-12)15-8-6-13(10-14)7-9-15/h2-9H2,1H3. The number of nitrogens with zero attached hydrogens (tertiary/aromatic N) is 2. The first-order valence-corrected chi connectivity index (χ1v) is 6.41. The van der Waals surface area contributed by atoms with Crippen molar-refractivity contribution in [3.8, 4) is 5.97 Å². The number of carbonyl (C=O) groups excluding carboxylic acids is 1. The van der Waals surface area contributed by atoms with Crippen LogP contribution in [-0.2, 0) is 4.79 Å². The molecular formula is C12H19BN2O. The third kappa shape index (κ3) is 1.78. The summed E-state index contributed by atoms with van der Waals surface area (Å²) in [5.74, 6) is 2.75. The first-order chi connectivity index (χ1) is 7.73. The van der Waals surface area contributed by atoms with E-state index in [-0.39, 0.29) is 12.3 Å². The number of Topliss-reactive ketones (excluding diaryl/α,β-unsaturated/α-hetero) is 1. The number of hydrogen-bond donors (Lipinski definition) is 0. The molecule has 4 heteroatoms. The Morgan fingerprint density at radius 2 is 2.06 bits per heavy atom. The summed E-state index contributed by atoms with van der Waals surface area (Å²) in [5, 5.41) is 8.87. The second-order valence-corrected chi connectivity index (χ2v) is 5.05. The number of hydrogen-bond acceptors (Lipinski definition) is 3. The fourth-order valence-corrected chi connectivity index (χ4v) is 3.05. The summed E-state index contributed by atoms with van der Waals surface area (Å²) >= 11 is 0. The van der Waals surface area contributed by atoms with Crippen molar-refractivity contribution in [2.45, 2.75) is 50.8 Å². The molecule has 0 aromatic rings. The van der Waals surface area contributed by atoms with Gasteiger partial charge in [-0.2, -0.15) is 0 Å². The molecule has 1 saturated carbocycles. The zero-order valence-electron chi connectivity index (χ0n) is 10.0. The Morgan fingerprint density at radius 1 is 1.44 bits per heavy atom. The minimum absolute atomic E-state index is 0.130. The Kier molecular flexibility index (Phi) is 3.34. The fraction of sp³-hybridized carbons (Fsp3) is 0.833. The summed E-state index contributed by atoms with van der Waals surface area (Å²) < 4.78 is 0. The van der Waals surface area contributed by atoms with E-state index in [1.807, 2.05) is 6.92 Å². The van der Waals surface area contributed by atoms with Crippen LogP contribution in [0.5, 0.6) is 0 Å². The van der Waals surface area contributed by atoms with E-state index >= 15 is 0 Å². The molecule has 1 aliphatic heterocycles. The zero-order valence-corrected chi connectivity index (χ0v) is 10.0. The molecule has 2 rings (SSSR count). The quantitative estimate of drug-likeness (QED) is 0.678. The van der Waals surface area contributed by atoms with Crippen LogP contribution in [0.4, 0.5) is 0 Å². The van der Waals surface area contributed by atoms with Gasteiger partial charge in [-0.3, -0.25) is 9.69 Å². The molecule has 0 aromatic heterocycles. The van der Waals surface area contributed by atoms with Gasteiger partial charge < -0.3 is 0 Å². The highest BCUT2D eigenvalue weighted by molar-refractivity contribution is 6.67. The van der Waals surface area contributed by atoms with E-state index in [4.69, 9.17) is 5.26 Å². The van der Waals surface area contributed by atoms with Crippen molar-refractivity contribution in [3.05, 3.63) is 0 Å². The SMILES string of the molecule is CCC(=O)C1(N2CCB(C#N)CC2)CCC1. The van der Waals surface area contributed by atoms with Crippen LogP contribution in [0, 0.1) is 11.2 Å².